The largest absolute Gasteiger partial charge is 0.380 e. The molecule has 1 aromatic heterocycles. The highest BCUT2D eigenvalue weighted by Gasteiger charge is 2.20. The van der Waals surface area contributed by atoms with E-state index in [1.54, 1.807) is 7.11 Å². The fourth-order valence-corrected chi connectivity index (χ4v) is 3.91. The lowest BCUT2D eigenvalue weighted by Gasteiger charge is -2.37. The number of anilines is 1. The van der Waals surface area contributed by atoms with Crippen LogP contribution in [-0.4, -0.2) is 51.2 Å². The van der Waals surface area contributed by atoms with Gasteiger partial charge in [-0.05, 0) is 28.6 Å². The van der Waals surface area contributed by atoms with E-state index in [1.165, 1.54) is 16.1 Å². The minimum Gasteiger partial charge on any atom is -0.380 e. The van der Waals surface area contributed by atoms with Gasteiger partial charge in [0.1, 0.15) is 0 Å². The van der Waals surface area contributed by atoms with Crippen LogP contribution in [0, 0.1) is 0 Å². The van der Waals surface area contributed by atoms with Gasteiger partial charge in [-0.1, -0.05) is 24.3 Å². The first kappa shape index (κ1) is 17.8. The number of aliphatic imine (C=N–C) groups is 1. The molecule has 0 bridgehead atoms. The molecule has 0 aliphatic carbocycles. The summed E-state index contributed by atoms with van der Waals surface area (Å²) in [4.78, 5) is 9.26. The van der Waals surface area contributed by atoms with Crippen LogP contribution in [0.25, 0.3) is 0 Å². The van der Waals surface area contributed by atoms with Crippen molar-refractivity contribution in [3.05, 3.63) is 52.9 Å². The third-order valence-corrected chi connectivity index (χ3v) is 5.39. The van der Waals surface area contributed by atoms with Crippen molar-refractivity contribution in [2.45, 2.75) is 13.2 Å². The first-order chi connectivity index (χ1) is 12.3. The molecule has 0 unspecified atom stereocenters. The van der Waals surface area contributed by atoms with Crippen LogP contribution in [0.15, 0.2) is 46.8 Å². The van der Waals surface area contributed by atoms with Crippen molar-refractivity contribution in [2.24, 2.45) is 4.99 Å². The molecule has 1 saturated heterocycles. The predicted molar refractivity (Wildman–Crippen MR) is 105 cm³/mol. The maximum atomic E-state index is 5.29. The fourth-order valence-electron chi connectivity index (χ4n) is 3.12. The molecule has 0 spiro atoms. The van der Waals surface area contributed by atoms with Crippen LogP contribution in [0.1, 0.15) is 11.1 Å². The van der Waals surface area contributed by atoms with Gasteiger partial charge >= 0.3 is 0 Å². The zero-order valence-electron chi connectivity index (χ0n) is 14.9. The van der Waals surface area contributed by atoms with E-state index in [4.69, 9.17) is 4.74 Å². The summed E-state index contributed by atoms with van der Waals surface area (Å²) >= 11 is 1.81. The number of nitrogens with zero attached hydrogens (tertiary/aromatic N) is 3. The minimum atomic E-state index is 0.635. The average molecular weight is 359 g/mol. The average Bonchev–Trinajstić information content (AvgIpc) is 3.19. The van der Waals surface area contributed by atoms with Gasteiger partial charge in [0.25, 0.3) is 0 Å². The number of thiophene rings is 1. The van der Waals surface area contributed by atoms with Gasteiger partial charge in [-0.15, -0.1) is 11.3 Å². The summed E-state index contributed by atoms with van der Waals surface area (Å²) in [6.45, 7) is 5.42. The maximum Gasteiger partial charge on any atom is 0.194 e. The molecule has 0 saturated carbocycles. The van der Waals surface area contributed by atoms with Crippen LogP contribution < -0.4 is 10.2 Å². The molecule has 2 heterocycles. The summed E-state index contributed by atoms with van der Waals surface area (Å²) < 4.78 is 5.29. The van der Waals surface area contributed by atoms with Crippen molar-refractivity contribution in [1.29, 1.82) is 0 Å². The molecule has 0 atom stereocenters. The number of hydrogen-bond donors (Lipinski definition) is 1. The van der Waals surface area contributed by atoms with Crippen LogP contribution in [0.4, 0.5) is 5.00 Å². The third-order valence-electron chi connectivity index (χ3n) is 4.46. The molecule has 1 aliphatic heterocycles. The van der Waals surface area contributed by atoms with Gasteiger partial charge in [0.05, 0.1) is 11.6 Å². The Morgan fingerprint density at radius 2 is 1.88 bits per heavy atom. The SMILES string of the molecule is CN=C(NCc1ccccc1COC)N1CCN(c2cccs2)CC1. The van der Waals surface area contributed by atoms with Crippen LogP contribution in [0.5, 0.6) is 0 Å². The van der Waals surface area contributed by atoms with E-state index >= 15 is 0 Å². The number of rotatable bonds is 5. The second-order valence-electron chi connectivity index (χ2n) is 6.03. The van der Waals surface area contributed by atoms with Gasteiger partial charge in [0.15, 0.2) is 5.96 Å². The lowest BCUT2D eigenvalue weighted by molar-refractivity contribution is 0.184. The summed E-state index contributed by atoms with van der Waals surface area (Å²) in [6.07, 6.45) is 0. The summed E-state index contributed by atoms with van der Waals surface area (Å²) in [5, 5.41) is 7.00. The Bertz CT molecular complexity index is 678. The monoisotopic (exact) mass is 358 g/mol. The molecule has 1 fully saturated rings. The van der Waals surface area contributed by atoms with E-state index in [9.17, 15) is 0 Å². The smallest absolute Gasteiger partial charge is 0.194 e. The quantitative estimate of drug-likeness (QED) is 0.659. The summed E-state index contributed by atoms with van der Waals surface area (Å²) in [5.74, 6) is 0.970. The Labute approximate surface area is 153 Å². The fraction of sp³-hybridized carbons (Fsp3) is 0.421. The summed E-state index contributed by atoms with van der Waals surface area (Å²) in [7, 11) is 3.59. The second kappa shape index (κ2) is 8.87. The van der Waals surface area contributed by atoms with Gasteiger partial charge < -0.3 is 19.9 Å². The van der Waals surface area contributed by atoms with Crippen molar-refractivity contribution in [1.82, 2.24) is 10.2 Å². The molecule has 3 rings (SSSR count). The van der Waals surface area contributed by atoms with Gasteiger partial charge in [0.2, 0.25) is 0 Å². The molecule has 0 radical (unpaired) electrons. The lowest BCUT2D eigenvalue weighted by atomic mass is 10.1. The van der Waals surface area contributed by atoms with Gasteiger partial charge in [-0.2, -0.15) is 0 Å². The Morgan fingerprint density at radius 3 is 2.52 bits per heavy atom. The highest BCUT2D eigenvalue weighted by atomic mass is 32.1. The third kappa shape index (κ3) is 4.52. The number of methoxy groups -OCH3 is 1. The van der Waals surface area contributed by atoms with Crippen LogP contribution >= 0.6 is 11.3 Å². The van der Waals surface area contributed by atoms with Gasteiger partial charge in [-0.25, -0.2) is 0 Å². The van der Waals surface area contributed by atoms with Crippen molar-refractivity contribution in [3.8, 4) is 0 Å². The highest BCUT2D eigenvalue weighted by Crippen LogP contribution is 2.22. The topological polar surface area (TPSA) is 40.1 Å². The molecular weight excluding hydrogens is 332 g/mol. The Kier molecular flexibility index (Phi) is 6.30. The van der Waals surface area contributed by atoms with Gasteiger partial charge in [-0.3, -0.25) is 4.99 Å². The molecule has 134 valence electrons. The second-order valence-corrected chi connectivity index (χ2v) is 6.95. The highest BCUT2D eigenvalue weighted by molar-refractivity contribution is 7.14. The predicted octanol–water partition coefficient (Wildman–Crippen LogP) is 2.79. The van der Waals surface area contributed by atoms with Crippen molar-refractivity contribution in [3.63, 3.8) is 0 Å². The van der Waals surface area contributed by atoms with E-state index < -0.39 is 0 Å². The van der Waals surface area contributed by atoms with E-state index in [2.05, 4.69) is 61.9 Å². The van der Waals surface area contributed by atoms with E-state index in [-0.39, 0.29) is 0 Å². The molecule has 1 aliphatic rings. The summed E-state index contributed by atoms with van der Waals surface area (Å²) in [5.41, 5.74) is 2.47. The number of piperazine rings is 1. The van der Waals surface area contributed by atoms with Gasteiger partial charge in [0, 0.05) is 46.9 Å². The summed E-state index contributed by atoms with van der Waals surface area (Å²) in [6, 6.07) is 12.7. The number of hydrogen-bond acceptors (Lipinski definition) is 4. The molecule has 6 heteroatoms. The molecule has 2 aromatic rings. The maximum absolute atomic E-state index is 5.29. The molecule has 5 nitrogen and oxygen atoms in total. The first-order valence-corrected chi connectivity index (χ1v) is 9.49. The number of guanidine groups is 1. The van der Waals surface area contributed by atoms with E-state index in [1.807, 2.05) is 18.4 Å². The number of nitrogens with one attached hydrogen (secondary N) is 1. The van der Waals surface area contributed by atoms with E-state index in [0.29, 0.717) is 6.61 Å². The Balaban J connectivity index is 1.55. The lowest BCUT2D eigenvalue weighted by Crippen LogP contribution is -2.52. The number of benzene rings is 1. The molecule has 0 amide bonds. The Hall–Kier alpha value is -2.05. The molecule has 1 N–H and O–H groups in total. The first-order valence-electron chi connectivity index (χ1n) is 8.61. The van der Waals surface area contributed by atoms with Crippen molar-refractivity contribution < 1.29 is 4.74 Å². The van der Waals surface area contributed by atoms with Crippen molar-refractivity contribution >= 4 is 22.3 Å². The van der Waals surface area contributed by atoms with Crippen LogP contribution in [-0.2, 0) is 17.9 Å². The number of ether oxygens (including phenoxy) is 1. The normalized spacial score (nSPS) is 15.5. The van der Waals surface area contributed by atoms with E-state index in [0.717, 1.165) is 38.7 Å². The molecule has 25 heavy (non-hydrogen) atoms. The zero-order valence-corrected chi connectivity index (χ0v) is 15.8. The standard InChI is InChI=1S/C19H26N4OS/c1-20-19(21-14-16-6-3-4-7-17(16)15-24-2)23-11-9-22(10-12-23)18-8-5-13-25-18/h3-8,13H,9-12,14-15H2,1-2H3,(H,20,21). The molecule has 1 aromatic carbocycles. The van der Waals surface area contributed by atoms with Crippen LogP contribution in [0.2, 0.25) is 0 Å². The zero-order chi connectivity index (χ0) is 17.5. The van der Waals surface area contributed by atoms with Crippen LogP contribution in [0.3, 0.4) is 0 Å². The molecular formula is C19H26N4OS. The Morgan fingerprint density at radius 1 is 1.12 bits per heavy atom. The van der Waals surface area contributed by atoms with Crippen molar-refractivity contribution in [2.75, 3.05) is 45.2 Å². The minimum absolute atomic E-state index is 0.635.